The minimum atomic E-state index is -0.436. The second-order valence-electron chi connectivity index (χ2n) is 4.50. The van der Waals surface area contributed by atoms with Crippen LogP contribution in [-0.4, -0.2) is 43.0 Å². The molecule has 1 aliphatic heterocycles. The summed E-state index contributed by atoms with van der Waals surface area (Å²) in [5.41, 5.74) is 6.17. The number of nitrogens with two attached hydrogens (primary N) is 1. The number of nitrogens with one attached hydrogen (secondary N) is 1. The second-order valence-corrected chi connectivity index (χ2v) is 4.50. The number of nitrogens with zero attached hydrogens (tertiary/aromatic N) is 1. The van der Waals surface area contributed by atoms with E-state index < -0.39 is 6.04 Å². The van der Waals surface area contributed by atoms with Gasteiger partial charge in [0, 0.05) is 13.6 Å². The van der Waals surface area contributed by atoms with E-state index in [1.165, 1.54) is 0 Å². The normalized spacial score (nSPS) is 18.5. The van der Waals surface area contributed by atoms with Crippen molar-refractivity contribution in [3.05, 3.63) is 24.3 Å². The van der Waals surface area contributed by atoms with Gasteiger partial charge >= 0.3 is 0 Å². The lowest BCUT2D eigenvalue weighted by Gasteiger charge is -2.13. The third-order valence-electron chi connectivity index (χ3n) is 3.04. The quantitative estimate of drug-likeness (QED) is 0.749. The van der Waals surface area contributed by atoms with E-state index in [2.05, 4.69) is 5.32 Å². The van der Waals surface area contributed by atoms with Crippen molar-refractivity contribution in [1.82, 2.24) is 10.2 Å². The van der Waals surface area contributed by atoms with E-state index >= 15 is 0 Å². The molecule has 19 heavy (non-hydrogen) atoms. The highest BCUT2D eigenvalue weighted by molar-refractivity contribution is 5.89. The fourth-order valence-corrected chi connectivity index (χ4v) is 1.95. The SMILES string of the molecule is CN1CCC(NC(=O)COc2ccccc2N)C1=O. The Labute approximate surface area is 111 Å². The van der Waals surface area contributed by atoms with Crippen LogP contribution in [0.5, 0.6) is 5.75 Å². The Hall–Kier alpha value is -2.24. The number of carbonyl (C=O) groups is 2. The largest absolute Gasteiger partial charge is 0.482 e. The zero-order valence-electron chi connectivity index (χ0n) is 10.8. The van der Waals surface area contributed by atoms with Gasteiger partial charge in [-0.25, -0.2) is 0 Å². The molecule has 6 heteroatoms. The molecule has 0 aliphatic carbocycles. The summed E-state index contributed by atoms with van der Waals surface area (Å²) in [4.78, 5) is 24.9. The molecule has 1 aromatic rings. The number of carbonyl (C=O) groups excluding carboxylic acids is 2. The van der Waals surface area contributed by atoms with E-state index in [1.807, 2.05) is 0 Å². The van der Waals surface area contributed by atoms with Gasteiger partial charge in [0.1, 0.15) is 11.8 Å². The molecule has 1 aliphatic rings. The number of para-hydroxylation sites is 2. The maximum Gasteiger partial charge on any atom is 0.258 e. The number of likely N-dealkylation sites (tertiary alicyclic amines) is 1. The number of hydrogen-bond donors (Lipinski definition) is 2. The summed E-state index contributed by atoms with van der Waals surface area (Å²) in [6, 6.07) is 6.52. The van der Waals surface area contributed by atoms with Gasteiger partial charge < -0.3 is 20.7 Å². The molecule has 1 fully saturated rings. The maximum atomic E-state index is 11.7. The lowest BCUT2D eigenvalue weighted by Crippen LogP contribution is -2.42. The molecule has 3 N–H and O–H groups in total. The lowest BCUT2D eigenvalue weighted by atomic mass is 10.2. The molecule has 1 atom stereocenters. The Morgan fingerprint density at radius 3 is 2.89 bits per heavy atom. The molecular weight excluding hydrogens is 246 g/mol. The predicted octanol–water partition coefficient (Wildman–Crippen LogP) is -0.00550. The fraction of sp³-hybridized carbons (Fsp3) is 0.385. The van der Waals surface area contributed by atoms with Crippen LogP contribution in [0.2, 0.25) is 0 Å². The number of nitrogen functional groups attached to an aromatic ring is 1. The van der Waals surface area contributed by atoms with Crippen LogP contribution >= 0.6 is 0 Å². The van der Waals surface area contributed by atoms with Crippen molar-refractivity contribution in [2.75, 3.05) is 25.9 Å². The van der Waals surface area contributed by atoms with Gasteiger partial charge in [-0.3, -0.25) is 9.59 Å². The Morgan fingerprint density at radius 1 is 1.53 bits per heavy atom. The molecule has 102 valence electrons. The van der Waals surface area contributed by atoms with E-state index in [4.69, 9.17) is 10.5 Å². The van der Waals surface area contributed by atoms with Crippen LogP contribution in [0.1, 0.15) is 6.42 Å². The fourth-order valence-electron chi connectivity index (χ4n) is 1.95. The van der Waals surface area contributed by atoms with Crippen LogP contribution in [0.15, 0.2) is 24.3 Å². The van der Waals surface area contributed by atoms with Crippen LogP contribution in [-0.2, 0) is 9.59 Å². The molecule has 1 unspecified atom stereocenters. The van der Waals surface area contributed by atoms with Gasteiger partial charge in [-0.15, -0.1) is 0 Å². The number of amides is 2. The molecule has 0 radical (unpaired) electrons. The number of anilines is 1. The Balaban J connectivity index is 1.82. The first-order valence-electron chi connectivity index (χ1n) is 6.09. The topological polar surface area (TPSA) is 84.7 Å². The van der Waals surface area contributed by atoms with Gasteiger partial charge in [-0.2, -0.15) is 0 Å². The molecule has 0 aromatic heterocycles. The third-order valence-corrected chi connectivity index (χ3v) is 3.04. The van der Waals surface area contributed by atoms with Crippen molar-refractivity contribution < 1.29 is 14.3 Å². The highest BCUT2D eigenvalue weighted by atomic mass is 16.5. The monoisotopic (exact) mass is 263 g/mol. The van der Waals surface area contributed by atoms with Crippen LogP contribution < -0.4 is 15.8 Å². The number of likely N-dealkylation sites (N-methyl/N-ethyl adjacent to an activating group) is 1. The average molecular weight is 263 g/mol. The minimum Gasteiger partial charge on any atom is -0.482 e. The predicted molar refractivity (Wildman–Crippen MR) is 70.5 cm³/mol. The standard InChI is InChI=1S/C13H17N3O3/c1-16-7-6-10(13(16)18)15-12(17)8-19-11-5-3-2-4-9(11)14/h2-5,10H,6-8,14H2,1H3,(H,15,17). The lowest BCUT2D eigenvalue weighted by molar-refractivity contribution is -0.132. The van der Waals surface area contributed by atoms with Gasteiger partial charge in [0.2, 0.25) is 5.91 Å². The molecule has 1 heterocycles. The van der Waals surface area contributed by atoms with Gasteiger partial charge in [-0.05, 0) is 18.6 Å². The summed E-state index contributed by atoms with van der Waals surface area (Å²) in [5.74, 6) is 0.0806. The Kier molecular flexibility index (Phi) is 3.89. The molecular formula is C13H17N3O3. The molecule has 2 rings (SSSR count). The first-order chi connectivity index (χ1) is 9.08. The molecule has 0 saturated carbocycles. The van der Waals surface area contributed by atoms with Crippen LogP contribution in [0.4, 0.5) is 5.69 Å². The van der Waals surface area contributed by atoms with E-state index in [9.17, 15) is 9.59 Å². The van der Waals surface area contributed by atoms with E-state index in [1.54, 1.807) is 36.2 Å². The minimum absolute atomic E-state index is 0.0624. The zero-order chi connectivity index (χ0) is 13.8. The summed E-state index contributed by atoms with van der Waals surface area (Å²) in [6.07, 6.45) is 0.633. The summed E-state index contributed by atoms with van der Waals surface area (Å²) in [7, 11) is 1.72. The van der Waals surface area contributed by atoms with E-state index in [0.717, 1.165) is 0 Å². The third kappa shape index (κ3) is 3.15. The van der Waals surface area contributed by atoms with Crippen LogP contribution in [0.25, 0.3) is 0 Å². The van der Waals surface area contributed by atoms with Gasteiger partial charge in [0.25, 0.3) is 5.91 Å². The van der Waals surface area contributed by atoms with Crippen molar-refractivity contribution in [3.8, 4) is 5.75 Å². The van der Waals surface area contributed by atoms with Crippen molar-refractivity contribution in [2.24, 2.45) is 0 Å². The molecule has 0 bridgehead atoms. The van der Waals surface area contributed by atoms with Crippen molar-refractivity contribution in [3.63, 3.8) is 0 Å². The van der Waals surface area contributed by atoms with Crippen LogP contribution in [0.3, 0.4) is 0 Å². The molecule has 2 amide bonds. The summed E-state index contributed by atoms with van der Waals surface area (Å²) < 4.78 is 5.31. The van der Waals surface area contributed by atoms with Crippen molar-refractivity contribution in [2.45, 2.75) is 12.5 Å². The highest BCUT2D eigenvalue weighted by Crippen LogP contribution is 2.19. The highest BCUT2D eigenvalue weighted by Gasteiger charge is 2.30. The van der Waals surface area contributed by atoms with Gasteiger partial charge in [0.05, 0.1) is 5.69 Å². The molecule has 1 saturated heterocycles. The first-order valence-corrected chi connectivity index (χ1v) is 6.09. The Bertz CT molecular complexity index is 490. The maximum absolute atomic E-state index is 11.7. The smallest absolute Gasteiger partial charge is 0.258 e. The number of rotatable bonds is 4. The molecule has 0 spiro atoms. The van der Waals surface area contributed by atoms with Gasteiger partial charge in [-0.1, -0.05) is 12.1 Å². The summed E-state index contributed by atoms with van der Waals surface area (Å²) in [6.45, 7) is 0.512. The van der Waals surface area contributed by atoms with Crippen molar-refractivity contribution >= 4 is 17.5 Å². The zero-order valence-corrected chi connectivity index (χ0v) is 10.8. The van der Waals surface area contributed by atoms with Crippen LogP contribution in [0, 0.1) is 0 Å². The number of benzene rings is 1. The van der Waals surface area contributed by atoms with Crippen molar-refractivity contribution in [1.29, 1.82) is 0 Å². The van der Waals surface area contributed by atoms with E-state index in [-0.39, 0.29) is 18.4 Å². The Morgan fingerprint density at radius 2 is 2.26 bits per heavy atom. The number of hydrogen-bond acceptors (Lipinski definition) is 4. The average Bonchev–Trinajstić information content (AvgIpc) is 2.70. The van der Waals surface area contributed by atoms with E-state index in [0.29, 0.717) is 24.4 Å². The second kappa shape index (κ2) is 5.60. The first kappa shape index (κ1) is 13.2. The van der Waals surface area contributed by atoms with Gasteiger partial charge in [0.15, 0.2) is 6.61 Å². The summed E-state index contributed by atoms with van der Waals surface area (Å²) >= 11 is 0. The molecule has 1 aromatic carbocycles. The summed E-state index contributed by atoms with van der Waals surface area (Å²) in [5, 5.41) is 2.65. The number of ether oxygens (including phenoxy) is 1. The molecule has 6 nitrogen and oxygen atoms in total.